The third-order valence-corrected chi connectivity index (χ3v) is 5.38. The Kier molecular flexibility index (Phi) is 6.83. The molecular weight excluding hydrogens is 244 g/mol. The number of piperidine rings is 1. The van der Waals surface area contributed by atoms with Crippen LogP contribution in [-0.4, -0.2) is 37.1 Å². The molecule has 2 nitrogen and oxygen atoms in total. The molecule has 1 aliphatic carbocycles. The zero-order chi connectivity index (χ0) is 14.4. The zero-order valence-corrected chi connectivity index (χ0v) is 14.0. The molecule has 0 amide bonds. The molecule has 118 valence electrons. The molecule has 0 radical (unpaired) electrons. The zero-order valence-electron chi connectivity index (χ0n) is 14.0. The van der Waals surface area contributed by atoms with Gasteiger partial charge in [0.05, 0.1) is 0 Å². The van der Waals surface area contributed by atoms with E-state index in [0.717, 1.165) is 23.8 Å². The number of nitrogens with zero attached hydrogens (tertiary/aromatic N) is 1. The summed E-state index contributed by atoms with van der Waals surface area (Å²) in [6.07, 6.45) is 10.1. The van der Waals surface area contributed by atoms with Crippen molar-refractivity contribution in [2.45, 2.75) is 71.8 Å². The van der Waals surface area contributed by atoms with Gasteiger partial charge in [0.2, 0.25) is 0 Å². The van der Waals surface area contributed by atoms with Crippen LogP contribution < -0.4 is 5.32 Å². The van der Waals surface area contributed by atoms with Gasteiger partial charge in [-0.15, -0.1) is 0 Å². The summed E-state index contributed by atoms with van der Waals surface area (Å²) < 4.78 is 0. The highest BCUT2D eigenvalue weighted by atomic mass is 15.2. The van der Waals surface area contributed by atoms with Gasteiger partial charge in [0.1, 0.15) is 0 Å². The predicted octanol–water partition coefficient (Wildman–Crippen LogP) is 3.91. The monoisotopic (exact) mass is 280 g/mol. The van der Waals surface area contributed by atoms with E-state index in [9.17, 15) is 0 Å². The van der Waals surface area contributed by atoms with Crippen LogP contribution in [0, 0.1) is 17.8 Å². The third kappa shape index (κ3) is 5.04. The molecule has 1 N–H and O–H groups in total. The maximum atomic E-state index is 3.67. The molecule has 1 saturated carbocycles. The molecule has 0 aromatic heterocycles. The normalized spacial score (nSPS) is 32.7. The molecule has 2 fully saturated rings. The highest BCUT2D eigenvalue weighted by Gasteiger charge is 2.29. The molecule has 2 heteroatoms. The van der Waals surface area contributed by atoms with Crippen LogP contribution >= 0.6 is 0 Å². The van der Waals surface area contributed by atoms with Gasteiger partial charge in [-0.2, -0.15) is 0 Å². The highest BCUT2D eigenvalue weighted by Crippen LogP contribution is 2.31. The van der Waals surface area contributed by atoms with Crippen molar-refractivity contribution in [3.8, 4) is 0 Å². The molecule has 0 aromatic carbocycles. The molecule has 20 heavy (non-hydrogen) atoms. The lowest BCUT2D eigenvalue weighted by atomic mass is 9.82. The van der Waals surface area contributed by atoms with Gasteiger partial charge in [0, 0.05) is 12.6 Å². The van der Waals surface area contributed by atoms with Crippen molar-refractivity contribution in [3.63, 3.8) is 0 Å². The smallest absolute Gasteiger partial charge is 0.00980 e. The first-order valence-corrected chi connectivity index (χ1v) is 9.13. The molecule has 0 spiro atoms. The van der Waals surface area contributed by atoms with Crippen LogP contribution in [0.25, 0.3) is 0 Å². The van der Waals surface area contributed by atoms with Crippen molar-refractivity contribution in [3.05, 3.63) is 0 Å². The minimum absolute atomic E-state index is 0.776. The van der Waals surface area contributed by atoms with E-state index in [2.05, 4.69) is 31.0 Å². The quantitative estimate of drug-likeness (QED) is 0.793. The molecular formula is C18H36N2. The van der Waals surface area contributed by atoms with E-state index in [-0.39, 0.29) is 0 Å². The van der Waals surface area contributed by atoms with Crippen molar-refractivity contribution in [2.24, 2.45) is 17.8 Å². The second-order valence-electron chi connectivity index (χ2n) is 7.65. The van der Waals surface area contributed by atoms with Gasteiger partial charge < -0.3 is 10.2 Å². The van der Waals surface area contributed by atoms with Crippen molar-refractivity contribution in [1.82, 2.24) is 10.2 Å². The second kappa shape index (κ2) is 8.38. The summed E-state index contributed by atoms with van der Waals surface area (Å²) in [6.45, 7) is 12.1. The Labute approximate surface area is 126 Å². The fourth-order valence-corrected chi connectivity index (χ4v) is 4.14. The van der Waals surface area contributed by atoms with E-state index in [0.29, 0.717) is 0 Å². The van der Waals surface area contributed by atoms with Crippen LogP contribution in [0.5, 0.6) is 0 Å². The Bertz CT molecular complexity index is 264. The van der Waals surface area contributed by atoms with Gasteiger partial charge in [-0.25, -0.2) is 0 Å². The van der Waals surface area contributed by atoms with E-state index >= 15 is 0 Å². The maximum absolute atomic E-state index is 3.67. The molecule has 1 heterocycles. The van der Waals surface area contributed by atoms with Crippen LogP contribution in [0.15, 0.2) is 0 Å². The van der Waals surface area contributed by atoms with Gasteiger partial charge >= 0.3 is 0 Å². The Balaban J connectivity index is 1.74. The van der Waals surface area contributed by atoms with Crippen LogP contribution in [0.1, 0.15) is 65.7 Å². The summed E-state index contributed by atoms with van der Waals surface area (Å²) in [7, 11) is 0. The average molecular weight is 281 g/mol. The molecule has 3 unspecified atom stereocenters. The lowest BCUT2D eigenvalue weighted by Gasteiger charge is -2.42. The Morgan fingerprint density at radius 3 is 2.65 bits per heavy atom. The number of nitrogens with one attached hydrogen (secondary N) is 1. The lowest BCUT2D eigenvalue weighted by Crippen LogP contribution is -2.46. The fourth-order valence-electron chi connectivity index (χ4n) is 4.14. The van der Waals surface area contributed by atoms with E-state index in [4.69, 9.17) is 0 Å². The van der Waals surface area contributed by atoms with Gasteiger partial charge in [-0.3, -0.25) is 0 Å². The summed E-state index contributed by atoms with van der Waals surface area (Å²) in [4.78, 5) is 2.84. The van der Waals surface area contributed by atoms with Crippen molar-refractivity contribution >= 4 is 0 Å². The number of hydrogen-bond acceptors (Lipinski definition) is 2. The van der Waals surface area contributed by atoms with Crippen molar-refractivity contribution < 1.29 is 0 Å². The number of likely N-dealkylation sites (tertiary alicyclic amines) is 1. The standard InChI is InChI=1S/C18H36N2/c1-4-16-7-5-9-18(11-16)20-10-6-8-17(14-20)13-19-12-15(2)3/h15-19H,4-14H2,1-3H3. The van der Waals surface area contributed by atoms with Gasteiger partial charge in [-0.1, -0.05) is 40.0 Å². The summed E-state index contributed by atoms with van der Waals surface area (Å²) in [5.74, 6) is 2.68. The first-order valence-electron chi connectivity index (χ1n) is 9.13. The topological polar surface area (TPSA) is 15.3 Å². The Morgan fingerprint density at radius 2 is 1.90 bits per heavy atom. The molecule has 1 aliphatic heterocycles. The third-order valence-electron chi connectivity index (χ3n) is 5.38. The van der Waals surface area contributed by atoms with Gasteiger partial charge in [0.25, 0.3) is 0 Å². The van der Waals surface area contributed by atoms with Gasteiger partial charge in [0.15, 0.2) is 0 Å². The van der Waals surface area contributed by atoms with Crippen LogP contribution in [0.4, 0.5) is 0 Å². The van der Waals surface area contributed by atoms with E-state index in [1.54, 1.807) is 0 Å². The molecule has 0 bridgehead atoms. The molecule has 0 aromatic rings. The minimum atomic E-state index is 0.776. The predicted molar refractivity (Wildman–Crippen MR) is 88.0 cm³/mol. The summed E-state index contributed by atoms with van der Waals surface area (Å²) in [5.41, 5.74) is 0. The summed E-state index contributed by atoms with van der Waals surface area (Å²) in [6, 6.07) is 0.904. The number of rotatable bonds is 6. The first kappa shape index (κ1) is 16.3. The highest BCUT2D eigenvalue weighted by molar-refractivity contribution is 4.84. The van der Waals surface area contributed by atoms with Crippen LogP contribution in [-0.2, 0) is 0 Å². The largest absolute Gasteiger partial charge is 0.316 e. The SMILES string of the molecule is CCC1CCCC(N2CCCC(CNCC(C)C)C2)C1. The molecule has 2 aliphatic rings. The first-order chi connectivity index (χ1) is 9.69. The molecule has 3 atom stereocenters. The average Bonchev–Trinajstić information content (AvgIpc) is 2.47. The lowest BCUT2D eigenvalue weighted by molar-refractivity contribution is 0.0810. The molecule has 2 rings (SSSR count). The van der Waals surface area contributed by atoms with Crippen LogP contribution in [0.3, 0.4) is 0 Å². The van der Waals surface area contributed by atoms with Gasteiger partial charge in [-0.05, 0) is 63.1 Å². The molecule has 1 saturated heterocycles. The van der Waals surface area contributed by atoms with Crippen LogP contribution in [0.2, 0.25) is 0 Å². The Morgan fingerprint density at radius 1 is 1.10 bits per heavy atom. The van der Waals surface area contributed by atoms with E-state index in [1.807, 2.05) is 0 Å². The van der Waals surface area contributed by atoms with Crippen molar-refractivity contribution in [2.75, 3.05) is 26.2 Å². The maximum Gasteiger partial charge on any atom is 0.00980 e. The number of hydrogen-bond donors (Lipinski definition) is 1. The van der Waals surface area contributed by atoms with E-state index < -0.39 is 0 Å². The summed E-state index contributed by atoms with van der Waals surface area (Å²) >= 11 is 0. The van der Waals surface area contributed by atoms with E-state index in [1.165, 1.54) is 71.1 Å². The second-order valence-corrected chi connectivity index (χ2v) is 7.65. The minimum Gasteiger partial charge on any atom is -0.316 e. The Hall–Kier alpha value is -0.0800. The summed E-state index contributed by atoms with van der Waals surface area (Å²) in [5, 5.41) is 3.67. The van der Waals surface area contributed by atoms with Crippen molar-refractivity contribution in [1.29, 1.82) is 0 Å². The fraction of sp³-hybridized carbons (Fsp3) is 1.00.